The minimum Gasteiger partial charge on any atom is -0.390 e. The normalized spacial score (nSPS) is 11.7. The average molecular weight is 223 g/mol. The lowest BCUT2D eigenvalue weighted by atomic mass is 10.3. The van der Waals surface area contributed by atoms with Crippen molar-refractivity contribution in [3.05, 3.63) is 22.0 Å². The zero-order valence-corrected chi connectivity index (χ0v) is 7.78. The molecular formula is C7H8F3N3O2. The lowest BCUT2D eigenvalue weighted by Crippen LogP contribution is -2.20. The van der Waals surface area contributed by atoms with Crippen LogP contribution < -0.4 is 0 Å². The van der Waals surface area contributed by atoms with Crippen LogP contribution in [-0.2, 0) is 13.0 Å². The van der Waals surface area contributed by atoms with Gasteiger partial charge in [-0.25, -0.2) is 4.57 Å². The van der Waals surface area contributed by atoms with Crippen molar-refractivity contribution in [2.75, 3.05) is 0 Å². The van der Waals surface area contributed by atoms with E-state index in [4.69, 9.17) is 0 Å². The van der Waals surface area contributed by atoms with E-state index in [1.54, 1.807) is 6.92 Å². The second-order valence-electron chi connectivity index (χ2n) is 2.86. The van der Waals surface area contributed by atoms with Crippen LogP contribution in [0.2, 0.25) is 0 Å². The average Bonchev–Trinajstić information content (AvgIpc) is 2.44. The van der Waals surface area contributed by atoms with E-state index < -0.39 is 23.6 Å². The molecule has 0 bridgehead atoms. The molecule has 8 heteroatoms. The third-order valence-electron chi connectivity index (χ3n) is 1.78. The predicted octanol–water partition coefficient (Wildman–Crippen LogP) is 1.92. The SMILES string of the molecule is CCc1cnc([N+](=O)[O-])n1CC(F)(F)F. The van der Waals surface area contributed by atoms with Crippen LogP contribution in [0.4, 0.5) is 19.1 Å². The summed E-state index contributed by atoms with van der Waals surface area (Å²) in [5, 5.41) is 10.4. The van der Waals surface area contributed by atoms with E-state index in [1.165, 1.54) is 0 Å². The van der Waals surface area contributed by atoms with Crippen LogP contribution in [0.1, 0.15) is 12.6 Å². The molecule has 1 aromatic rings. The number of imidazole rings is 1. The highest BCUT2D eigenvalue weighted by Crippen LogP contribution is 2.23. The van der Waals surface area contributed by atoms with Gasteiger partial charge >= 0.3 is 12.1 Å². The Morgan fingerprint density at radius 3 is 2.60 bits per heavy atom. The standard InChI is InChI=1S/C7H8F3N3O2/c1-2-5-3-11-6(13(14)15)12(5)4-7(8,9)10/h3H,2,4H2,1H3. The van der Waals surface area contributed by atoms with E-state index in [0.717, 1.165) is 6.20 Å². The highest BCUT2D eigenvalue weighted by atomic mass is 19.4. The Hall–Kier alpha value is -1.60. The van der Waals surface area contributed by atoms with Crippen molar-refractivity contribution >= 4 is 5.95 Å². The Morgan fingerprint density at radius 2 is 2.20 bits per heavy atom. The number of halogens is 3. The van der Waals surface area contributed by atoms with Crippen LogP contribution in [0.5, 0.6) is 0 Å². The van der Waals surface area contributed by atoms with E-state index in [0.29, 0.717) is 4.57 Å². The first-order valence-electron chi connectivity index (χ1n) is 4.10. The summed E-state index contributed by atoms with van der Waals surface area (Å²) in [6.07, 6.45) is -3.14. The molecule has 0 saturated heterocycles. The van der Waals surface area contributed by atoms with Gasteiger partial charge < -0.3 is 10.1 Å². The Morgan fingerprint density at radius 1 is 1.60 bits per heavy atom. The van der Waals surface area contributed by atoms with Gasteiger partial charge in [0, 0.05) is 6.42 Å². The number of hydrogen-bond donors (Lipinski definition) is 0. The van der Waals surface area contributed by atoms with Crippen molar-refractivity contribution in [3.63, 3.8) is 0 Å². The largest absolute Gasteiger partial charge is 0.435 e. The molecule has 0 aliphatic rings. The molecule has 0 aliphatic heterocycles. The molecule has 1 aromatic heterocycles. The number of aryl methyl sites for hydroxylation is 1. The number of nitro groups is 1. The highest BCUT2D eigenvalue weighted by Gasteiger charge is 2.34. The van der Waals surface area contributed by atoms with Crippen molar-refractivity contribution < 1.29 is 18.1 Å². The van der Waals surface area contributed by atoms with Crippen molar-refractivity contribution in [3.8, 4) is 0 Å². The maximum Gasteiger partial charge on any atom is 0.435 e. The van der Waals surface area contributed by atoms with Gasteiger partial charge in [-0.05, 0) is 4.92 Å². The summed E-state index contributed by atoms with van der Waals surface area (Å²) in [5.74, 6) is -0.774. The van der Waals surface area contributed by atoms with E-state index >= 15 is 0 Å². The third-order valence-corrected chi connectivity index (χ3v) is 1.78. The first-order chi connectivity index (χ1) is 6.85. The smallest absolute Gasteiger partial charge is 0.390 e. The number of nitrogens with zero attached hydrogens (tertiary/aromatic N) is 3. The Balaban J connectivity index is 3.11. The molecule has 0 spiro atoms. The molecule has 1 rings (SSSR count). The van der Waals surface area contributed by atoms with Gasteiger partial charge in [-0.1, -0.05) is 11.9 Å². The van der Waals surface area contributed by atoms with Crippen LogP contribution in [0.25, 0.3) is 0 Å². The number of rotatable bonds is 3. The number of aromatic nitrogens is 2. The fraction of sp³-hybridized carbons (Fsp3) is 0.571. The zero-order chi connectivity index (χ0) is 11.6. The van der Waals surface area contributed by atoms with Crippen LogP contribution in [-0.4, -0.2) is 20.7 Å². The van der Waals surface area contributed by atoms with E-state index in [1.807, 2.05) is 0 Å². The third kappa shape index (κ3) is 2.67. The zero-order valence-electron chi connectivity index (χ0n) is 7.78. The van der Waals surface area contributed by atoms with Gasteiger partial charge in [0.25, 0.3) is 0 Å². The molecule has 5 nitrogen and oxygen atoms in total. The summed E-state index contributed by atoms with van der Waals surface area (Å²) < 4.78 is 36.9. The molecule has 0 aliphatic carbocycles. The van der Waals surface area contributed by atoms with Crippen molar-refractivity contribution in [2.24, 2.45) is 0 Å². The Labute approximate surface area is 82.7 Å². The van der Waals surface area contributed by atoms with Crippen LogP contribution in [0, 0.1) is 10.1 Å². The molecule has 1 heterocycles. The lowest BCUT2D eigenvalue weighted by molar-refractivity contribution is -0.397. The monoisotopic (exact) mass is 223 g/mol. The van der Waals surface area contributed by atoms with Gasteiger partial charge in [-0.2, -0.15) is 13.2 Å². The van der Waals surface area contributed by atoms with Crippen molar-refractivity contribution in [2.45, 2.75) is 26.1 Å². The van der Waals surface area contributed by atoms with Gasteiger partial charge in [0.2, 0.25) is 0 Å². The molecule has 0 atom stereocenters. The maximum atomic E-state index is 12.1. The molecule has 0 unspecified atom stereocenters. The first-order valence-corrected chi connectivity index (χ1v) is 4.10. The van der Waals surface area contributed by atoms with Crippen molar-refractivity contribution in [1.82, 2.24) is 9.55 Å². The van der Waals surface area contributed by atoms with Crippen molar-refractivity contribution in [1.29, 1.82) is 0 Å². The van der Waals surface area contributed by atoms with Gasteiger partial charge in [-0.15, -0.1) is 0 Å². The van der Waals surface area contributed by atoms with E-state index in [9.17, 15) is 23.3 Å². The van der Waals surface area contributed by atoms with E-state index in [2.05, 4.69) is 4.98 Å². The van der Waals surface area contributed by atoms with Gasteiger partial charge in [0.1, 0.15) is 11.9 Å². The molecule has 0 radical (unpaired) electrons. The summed E-state index contributed by atoms with van der Waals surface area (Å²) in [6.45, 7) is 0.222. The summed E-state index contributed by atoms with van der Waals surface area (Å²) in [4.78, 5) is 12.8. The van der Waals surface area contributed by atoms with Crippen LogP contribution >= 0.6 is 0 Å². The second-order valence-corrected chi connectivity index (χ2v) is 2.86. The molecule has 0 saturated carbocycles. The molecule has 15 heavy (non-hydrogen) atoms. The molecule has 0 amide bonds. The topological polar surface area (TPSA) is 61.0 Å². The lowest BCUT2D eigenvalue weighted by Gasteiger charge is -2.07. The molecule has 0 N–H and O–H groups in total. The molecular weight excluding hydrogens is 215 g/mol. The van der Waals surface area contributed by atoms with Crippen LogP contribution in [0.15, 0.2) is 6.20 Å². The molecule has 0 fully saturated rings. The Bertz CT molecular complexity index is 372. The van der Waals surface area contributed by atoms with Gasteiger partial charge in [0.15, 0.2) is 6.54 Å². The predicted molar refractivity (Wildman–Crippen MR) is 44.3 cm³/mol. The Kier molecular flexibility index (Phi) is 2.96. The quantitative estimate of drug-likeness (QED) is 0.580. The summed E-state index contributed by atoms with van der Waals surface area (Å²) in [7, 11) is 0. The summed E-state index contributed by atoms with van der Waals surface area (Å²) in [6, 6.07) is 0. The maximum absolute atomic E-state index is 12.1. The molecule has 0 aromatic carbocycles. The summed E-state index contributed by atoms with van der Waals surface area (Å²) in [5.41, 5.74) is 0.194. The number of alkyl halides is 3. The van der Waals surface area contributed by atoms with Crippen LogP contribution in [0.3, 0.4) is 0 Å². The van der Waals surface area contributed by atoms with Gasteiger partial charge in [-0.3, -0.25) is 0 Å². The molecule has 84 valence electrons. The fourth-order valence-electron chi connectivity index (χ4n) is 1.18. The fourth-order valence-corrected chi connectivity index (χ4v) is 1.18. The minimum atomic E-state index is -4.49. The minimum absolute atomic E-state index is 0.194. The second kappa shape index (κ2) is 3.87. The van der Waals surface area contributed by atoms with Gasteiger partial charge in [0.05, 0.1) is 0 Å². The first kappa shape index (κ1) is 11.5. The highest BCUT2D eigenvalue weighted by molar-refractivity contribution is 5.15. The number of hydrogen-bond acceptors (Lipinski definition) is 3. The summed E-state index contributed by atoms with van der Waals surface area (Å²) >= 11 is 0. The van der Waals surface area contributed by atoms with E-state index in [-0.39, 0.29) is 12.1 Å².